The van der Waals surface area contributed by atoms with Gasteiger partial charge in [-0.3, -0.25) is 14.4 Å². The number of fused-ring (bicyclic) bond motifs is 1. The standard InChI is InChI=1S/C32H27NO4/c1-33-27-20-12-11-19-26(27)29(35)31(30(33)36,21-28(34)23-13-5-2-6-14-23)22-32(37,24-15-7-3-8-16-24)25-17-9-4-10-18-25/h2-20,37H,21-22H2,1H3. The minimum atomic E-state index is -1.82. The van der Waals surface area contributed by atoms with Gasteiger partial charge in [-0.05, 0) is 23.3 Å². The van der Waals surface area contributed by atoms with Crippen molar-refractivity contribution in [1.29, 1.82) is 0 Å². The topological polar surface area (TPSA) is 74.7 Å². The molecule has 0 saturated heterocycles. The predicted octanol–water partition coefficient (Wildman–Crippen LogP) is 5.43. The van der Waals surface area contributed by atoms with E-state index >= 15 is 0 Å². The van der Waals surface area contributed by atoms with Gasteiger partial charge in [0.15, 0.2) is 11.6 Å². The maximum absolute atomic E-state index is 14.3. The zero-order valence-corrected chi connectivity index (χ0v) is 20.5. The molecule has 0 spiro atoms. The Balaban J connectivity index is 1.72. The predicted molar refractivity (Wildman–Crippen MR) is 143 cm³/mol. The van der Waals surface area contributed by atoms with Crippen molar-refractivity contribution in [3.8, 4) is 0 Å². The Morgan fingerprint density at radius 3 is 1.81 bits per heavy atom. The second-order valence-corrected chi connectivity index (χ2v) is 9.53. The quantitative estimate of drug-likeness (QED) is 0.277. The van der Waals surface area contributed by atoms with Crippen molar-refractivity contribution in [1.82, 2.24) is 0 Å². The number of para-hydroxylation sites is 1. The molecule has 0 bridgehead atoms. The maximum atomic E-state index is 14.3. The van der Waals surface area contributed by atoms with Crippen LogP contribution in [0.15, 0.2) is 115 Å². The number of anilines is 1. The van der Waals surface area contributed by atoms with Crippen LogP contribution in [-0.2, 0) is 10.4 Å². The van der Waals surface area contributed by atoms with Crippen LogP contribution in [0.25, 0.3) is 0 Å². The number of hydrogen-bond donors (Lipinski definition) is 1. The van der Waals surface area contributed by atoms with Crippen molar-refractivity contribution in [3.63, 3.8) is 0 Å². The number of Topliss-reactive ketones (excluding diaryl/α,β-unsaturated/α-hetero) is 2. The van der Waals surface area contributed by atoms with E-state index in [4.69, 9.17) is 0 Å². The highest BCUT2D eigenvalue weighted by molar-refractivity contribution is 6.26. The number of ketones is 2. The molecule has 1 aliphatic rings. The van der Waals surface area contributed by atoms with Gasteiger partial charge in [-0.1, -0.05) is 103 Å². The first kappa shape index (κ1) is 24.3. The van der Waals surface area contributed by atoms with Gasteiger partial charge >= 0.3 is 0 Å². The van der Waals surface area contributed by atoms with Crippen molar-refractivity contribution in [2.75, 3.05) is 11.9 Å². The van der Waals surface area contributed by atoms with Crippen LogP contribution >= 0.6 is 0 Å². The summed E-state index contributed by atoms with van der Waals surface area (Å²) in [6.07, 6.45) is -0.654. The van der Waals surface area contributed by atoms with Crippen LogP contribution in [-0.4, -0.2) is 29.6 Å². The van der Waals surface area contributed by atoms with Gasteiger partial charge in [0.2, 0.25) is 5.91 Å². The Kier molecular flexibility index (Phi) is 6.32. The monoisotopic (exact) mass is 489 g/mol. The Morgan fingerprint density at radius 2 is 1.24 bits per heavy atom. The van der Waals surface area contributed by atoms with Crippen molar-refractivity contribution < 1.29 is 19.5 Å². The van der Waals surface area contributed by atoms with E-state index < -0.39 is 22.7 Å². The molecule has 1 aliphatic heterocycles. The first-order valence-corrected chi connectivity index (χ1v) is 12.2. The molecule has 5 nitrogen and oxygen atoms in total. The van der Waals surface area contributed by atoms with Crippen LogP contribution in [0.2, 0.25) is 0 Å². The zero-order chi connectivity index (χ0) is 26.0. The average Bonchev–Trinajstić information content (AvgIpc) is 2.96. The van der Waals surface area contributed by atoms with Gasteiger partial charge in [-0.15, -0.1) is 0 Å². The average molecular weight is 490 g/mol. The van der Waals surface area contributed by atoms with Crippen LogP contribution in [0.3, 0.4) is 0 Å². The Labute approximate surface area is 216 Å². The van der Waals surface area contributed by atoms with Crippen molar-refractivity contribution in [3.05, 3.63) is 138 Å². The lowest BCUT2D eigenvalue weighted by molar-refractivity contribution is -0.128. The van der Waals surface area contributed by atoms with Gasteiger partial charge in [0.25, 0.3) is 0 Å². The Hall–Kier alpha value is -4.35. The Morgan fingerprint density at radius 1 is 0.757 bits per heavy atom. The van der Waals surface area contributed by atoms with Crippen LogP contribution in [0, 0.1) is 5.41 Å². The minimum Gasteiger partial charge on any atom is -0.380 e. The van der Waals surface area contributed by atoms with E-state index in [-0.39, 0.29) is 18.6 Å². The molecule has 0 aromatic heterocycles. The summed E-state index contributed by atoms with van der Waals surface area (Å²) >= 11 is 0. The summed E-state index contributed by atoms with van der Waals surface area (Å²) in [7, 11) is 1.61. The van der Waals surface area contributed by atoms with Gasteiger partial charge in [0.05, 0.1) is 5.69 Å². The summed E-state index contributed by atoms with van der Waals surface area (Å²) in [5.41, 5.74) is -1.21. The summed E-state index contributed by atoms with van der Waals surface area (Å²) in [6.45, 7) is 0. The van der Waals surface area contributed by atoms with Gasteiger partial charge in [0.1, 0.15) is 11.0 Å². The van der Waals surface area contributed by atoms with Crippen LogP contribution in [0.4, 0.5) is 5.69 Å². The van der Waals surface area contributed by atoms with E-state index in [2.05, 4.69) is 0 Å². The smallest absolute Gasteiger partial charge is 0.241 e. The highest BCUT2D eigenvalue weighted by Crippen LogP contribution is 2.49. The molecular weight excluding hydrogens is 462 g/mol. The molecule has 0 radical (unpaired) electrons. The molecule has 4 aromatic rings. The molecule has 4 aromatic carbocycles. The molecule has 5 heteroatoms. The van der Waals surface area contributed by atoms with Crippen LogP contribution in [0.1, 0.15) is 44.7 Å². The lowest BCUT2D eigenvalue weighted by Gasteiger charge is -2.44. The number of carbonyl (C=O) groups is 3. The van der Waals surface area contributed by atoms with E-state index in [0.29, 0.717) is 27.9 Å². The largest absolute Gasteiger partial charge is 0.380 e. The fraction of sp³-hybridized carbons (Fsp3) is 0.156. The number of aliphatic hydroxyl groups is 1. The number of carbonyl (C=O) groups excluding carboxylic acids is 3. The second-order valence-electron chi connectivity index (χ2n) is 9.53. The van der Waals surface area contributed by atoms with Gasteiger partial charge in [0, 0.05) is 31.0 Å². The molecule has 1 heterocycles. The second kappa shape index (κ2) is 9.60. The molecule has 5 rings (SSSR count). The number of hydrogen-bond acceptors (Lipinski definition) is 4. The Bertz CT molecular complexity index is 1410. The molecule has 1 amide bonds. The van der Waals surface area contributed by atoms with E-state index in [0.717, 1.165) is 0 Å². The normalized spacial score (nSPS) is 17.4. The summed E-state index contributed by atoms with van der Waals surface area (Å²) in [5.74, 6) is -1.30. The van der Waals surface area contributed by atoms with E-state index in [1.165, 1.54) is 4.90 Å². The molecule has 184 valence electrons. The van der Waals surface area contributed by atoms with Crippen LogP contribution < -0.4 is 4.90 Å². The third-order valence-corrected chi connectivity index (χ3v) is 7.28. The van der Waals surface area contributed by atoms with Gasteiger partial charge in [-0.25, -0.2) is 0 Å². The first-order valence-electron chi connectivity index (χ1n) is 12.2. The number of benzene rings is 4. The third kappa shape index (κ3) is 4.17. The molecule has 1 unspecified atom stereocenters. The number of amides is 1. The fourth-order valence-electron chi connectivity index (χ4n) is 5.35. The van der Waals surface area contributed by atoms with E-state index in [9.17, 15) is 19.5 Å². The van der Waals surface area contributed by atoms with Gasteiger partial charge in [-0.2, -0.15) is 0 Å². The lowest BCUT2D eigenvalue weighted by Crippen LogP contribution is -2.55. The molecule has 37 heavy (non-hydrogen) atoms. The maximum Gasteiger partial charge on any atom is 0.241 e. The summed E-state index contributed by atoms with van der Waals surface area (Å²) in [5, 5.41) is 12.4. The van der Waals surface area contributed by atoms with Crippen LogP contribution in [0.5, 0.6) is 0 Å². The third-order valence-electron chi connectivity index (χ3n) is 7.28. The minimum absolute atomic E-state index is 0.289. The molecular formula is C32H27NO4. The highest BCUT2D eigenvalue weighted by atomic mass is 16.3. The first-order chi connectivity index (χ1) is 17.9. The molecule has 1 N–H and O–H groups in total. The zero-order valence-electron chi connectivity index (χ0n) is 20.5. The highest BCUT2D eigenvalue weighted by Gasteiger charge is 2.57. The molecule has 0 saturated carbocycles. The van der Waals surface area contributed by atoms with Gasteiger partial charge < -0.3 is 10.0 Å². The fourth-order valence-corrected chi connectivity index (χ4v) is 5.35. The lowest BCUT2D eigenvalue weighted by atomic mass is 9.63. The number of rotatable bonds is 7. The SMILES string of the molecule is CN1C(=O)C(CC(=O)c2ccccc2)(CC(O)(c2ccccc2)c2ccccc2)C(=O)c2ccccc21. The van der Waals surface area contributed by atoms with E-state index in [1.807, 2.05) is 12.1 Å². The number of nitrogens with zero attached hydrogens (tertiary/aromatic N) is 1. The molecule has 0 fully saturated rings. The van der Waals surface area contributed by atoms with Crippen molar-refractivity contribution >= 4 is 23.2 Å². The van der Waals surface area contributed by atoms with E-state index in [1.54, 1.807) is 110 Å². The summed E-state index contributed by atoms with van der Waals surface area (Å²) in [4.78, 5) is 43.5. The summed E-state index contributed by atoms with van der Waals surface area (Å²) in [6, 6.07) is 33.5. The molecule has 0 aliphatic carbocycles. The molecule has 1 atom stereocenters. The van der Waals surface area contributed by atoms with Crippen molar-refractivity contribution in [2.45, 2.75) is 18.4 Å². The summed E-state index contributed by atoms with van der Waals surface area (Å²) < 4.78 is 0. The van der Waals surface area contributed by atoms with Crippen molar-refractivity contribution in [2.24, 2.45) is 5.41 Å².